The van der Waals surface area contributed by atoms with Gasteiger partial charge in [-0.3, -0.25) is 0 Å². The molecule has 0 bridgehead atoms. The van der Waals surface area contributed by atoms with Crippen LogP contribution in [0.3, 0.4) is 0 Å². The van der Waals surface area contributed by atoms with Crippen molar-refractivity contribution in [3.63, 3.8) is 0 Å². The number of nitrogens with one attached hydrogen (secondary N) is 1. The number of hydrogen-bond acceptors (Lipinski definition) is 4. The Hall–Kier alpha value is -0.450. The van der Waals surface area contributed by atoms with Crippen LogP contribution in [-0.4, -0.2) is 17.6 Å². The summed E-state index contributed by atoms with van der Waals surface area (Å²) in [5.74, 6) is 0. The second kappa shape index (κ2) is 7.76. The molecule has 0 spiro atoms. The van der Waals surface area contributed by atoms with Gasteiger partial charge in [-0.05, 0) is 19.8 Å². The van der Waals surface area contributed by atoms with E-state index in [-0.39, 0.29) is 0 Å². The van der Waals surface area contributed by atoms with Gasteiger partial charge in [-0.1, -0.05) is 13.8 Å². The summed E-state index contributed by atoms with van der Waals surface area (Å²) in [6.07, 6.45) is 2.21. The lowest BCUT2D eigenvalue weighted by atomic mass is 10.2. The minimum absolute atomic E-state index is 0.557. The molecule has 1 N–H and O–H groups in total. The lowest BCUT2D eigenvalue weighted by Gasteiger charge is -2.08. The van der Waals surface area contributed by atoms with Crippen molar-refractivity contribution >= 4 is 11.3 Å². The third-order valence-electron chi connectivity index (χ3n) is 2.42. The molecule has 92 valence electrons. The van der Waals surface area contributed by atoms with Crippen molar-refractivity contribution in [3.8, 4) is 0 Å². The van der Waals surface area contributed by atoms with Gasteiger partial charge in [0.2, 0.25) is 0 Å². The first kappa shape index (κ1) is 13.6. The first-order chi connectivity index (χ1) is 7.76. The van der Waals surface area contributed by atoms with Crippen LogP contribution < -0.4 is 5.32 Å². The SMILES string of the molecule is CCCOCc1nc(CNC(C)CC)cs1. The first-order valence-corrected chi connectivity index (χ1v) is 6.88. The lowest BCUT2D eigenvalue weighted by Crippen LogP contribution is -2.24. The molecule has 1 aromatic heterocycles. The van der Waals surface area contributed by atoms with Gasteiger partial charge in [0, 0.05) is 24.6 Å². The van der Waals surface area contributed by atoms with Crippen LogP contribution in [-0.2, 0) is 17.9 Å². The monoisotopic (exact) mass is 242 g/mol. The fraction of sp³-hybridized carbons (Fsp3) is 0.750. The quantitative estimate of drug-likeness (QED) is 0.712. The molecule has 1 heterocycles. The topological polar surface area (TPSA) is 34.1 Å². The van der Waals surface area contributed by atoms with Crippen LogP contribution in [0.25, 0.3) is 0 Å². The van der Waals surface area contributed by atoms with Crippen LogP contribution >= 0.6 is 11.3 Å². The average Bonchev–Trinajstić information content (AvgIpc) is 2.74. The van der Waals surface area contributed by atoms with Gasteiger partial charge in [-0.25, -0.2) is 4.98 Å². The standard InChI is InChI=1S/C12H22N2OS/c1-4-6-15-8-12-14-11(9-16-12)7-13-10(3)5-2/h9-10,13H,4-8H2,1-3H3. The van der Waals surface area contributed by atoms with Gasteiger partial charge in [0.05, 0.1) is 12.3 Å². The Bertz CT molecular complexity index is 288. The third-order valence-corrected chi connectivity index (χ3v) is 3.29. The maximum Gasteiger partial charge on any atom is 0.119 e. The number of aromatic nitrogens is 1. The van der Waals surface area contributed by atoms with Crippen molar-refractivity contribution in [2.45, 2.75) is 52.8 Å². The van der Waals surface area contributed by atoms with Crippen LogP contribution in [0.1, 0.15) is 44.3 Å². The molecule has 0 aliphatic rings. The number of nitrogens with zero attached hydrogens (tertiary/aromatic N) is 1. The zero-order valence-corrected chi connectivity index (χ0v) is 11.3. The number of thiazole rings is 1. The summed E-state index contributed by atoms with van der Waals surface area (Å²) in [5.41, 5.74) is 1.13. The maximum absolute atomic E-state index is 5.46. The zero-order valence-electron chi connectivity index (χ0n) is 10.5. The molecule has 4 heteroatoms. The number of ether oxygens (including phenoxy) is 1. The Morgan fingerprint density at radius 1 is 1.50 bits per heavy atom. The van der Waals surface area contributed by atoms with Crippen molar-refractivity contribution in [1.29, 1.82) is 0 Å². The molecule has 0 radical (unpaired) electrons. The molecular weight excluding hydrogens is 220 g/mol. The molecule has 0 aliphatic heterocycles. The highest BCUT2D eigenvalue weighted by Crippen LogP contribution is 2.11. The van der Waals surface area contributed by atoms with E-state index in [2.05, 4.69) is 36.5 Å². The smallest absolute Gasteiger partial charge is 0.119 e. The Balaban J connectivity index is 2.28. The molecule has 16 heavy (non-hydrogen) atoms. The van der Waals surface area contributed by atoms with Crippen LogP contribution in [0.15, 0.2) is 5.38 Å². The highest BCUT2D eigenvalue weighted by atomic mass is 32.1. The highest BCUT2D eigenvalue weighted by molar-refractivity contribution is 7.09. The Labute approximate surface area is 102 Å². The second-order valence-electron chi connectivity index (χ2n) is 3.98. The average molecular weight is 242 g/mol. The van der Waals surface area contributed by atoms with Gasteiger partial charge < -0.3 is 10.1 Å². The minimum atomic E-state index is 0.557. The summed E-state index contributed by atoms with van der Waals surface area (Å²) in [6, 6.07) is 0.557. The molecular formula is C12H22N2OS. The fourth-order valence-corrected chi connectivity index (χ4v) is 1.95. The van der Waals surface area contributed by atoms with Gasteiger partial charge in [0.25, 0.3) is 0 Å². The lowest BCUT2D eigenvalue weighted by molar-refractivity contribution is 0.121. The summed E-state index contributed by atoms with van der Waals surface area (Å²) in [4.78, 5) is 4.52. The third kappa shape index (κ3) is 5.05. The Morgan fingerprint density at radius 3 is 3.00 bits per heavy atom. The van der Waals surface area contributed by atoms with Crippen molar-refractivity contribution in [2.24, 2.45) is 0 Å². The molecule has 0 aliphatic carbocycles. The minimum Gasteiger partial charge on any atom is -0.374 e. The van der Waals surface area contributed by atoms with E-state index < -0.39 is 0 Å². The predicted molar refractivity (Wildman–Crippen MR) is 68.7 cm³/mol. The van der Waals surface area contributed by atoms with E-state index in [1.807, 2.05) is 0 Å². The zero-order chi connectivity index (χ0) is 11.8. The molecule has 1 aromatic rings. The fourth-order valence-electron chi connectivity index (χ4n) is 1.22. The summed E-state index contributed by atoms with van der Waals surface area (Å²) in [7, 11) is 0. The molecule has 1 atom stereocenters. The van der Waals surface area contributed by atoms with E-state index in [1.54, 1.807) is 11.3 Å². The summed E-state index contributed by atoms with van der Waals surface area (Å²) in [5, 5.41) is 6.62. The highest BCUT2D eigenvalue weighted by Gasteiger charge is 2.03. The molecule has 1 unspecified atom stereocenters. The van der Waals surface area contributed by atoms with E-state index in [1.165, 1.54) is 0 Å². The van der Waals surface area contributed by atoms with Crippen molar-refractivity contribution < 1.29 is 4.74 Å². The normalized spacial score (nSPS) is 12.9. The molecule has 0 saturated heterocycles. The predicted octanol–water partition coefficient (Wildman–Crippen LogP) is 2.96. The van der Waals surface area contributed by atoms with Crippen molar-refractivity contribution in [2.75, 3.05) is 6.61 Å². The molecule has 0 amide bonds. The van der Waals surface area contributed by atoms with Gasteiger partial charge in [0.1, 0.15) is 5.01 Å². The van der Waals surface area contributed by atoms with Crippen LogP contribution in [0, 0.1) is 0 Å². The van der Waals surface area contributed by atoms with Gasteiger partial charge >= 0.3 is 0 Å². The van der Waals surface area contributed by atoms with E-state index >= 15 is 0 Å². The van der Waals surface area contributed by atoms with Crippen molar-refractivity contribution in [3.05, 3.63) is 16.1 Å². The summed E-state index contributed by atoms with van der Waals surface area (Å²) >= 11 is 1.68. The van der Waals surface area contributed by atoms with Crippen LogP contribution in [0.2, 0.25) is 0 Å². The molecule has 1 rings (SSSR count). The largest absolute Gasteiger partial charge is 0.374 e. The first-order valence-electron chi connectivity index (χ1n) is 6.00. The molecule has 0 aromatic carbocycles. The number of rotatable bonds is 8. The van der Waals surface area contributed by atoms with E-state index in [0.717, 1.165) is 36.7 Å². The Kier molecular flexibility index (Phi) is 6.61. The summed E-state index contributed by atoms with van der Waals surface area (Å²) < 4.78 is 5.46. The summed E-state index contributed by atoms with van der Waals surface area (Å²) in [6.45, 7) is 8.82. The molecule has 0 saturated carbocycles. The Morgan fingerprint density at radius 2 is 2.31 bits per heavy atom. The van der Waals surface area contributed by atoms with Gasteiger partial charge in [-0.15, -0.1) is 11.3 Å². The van der Waals surface area contributed by atoms with Gasteiger partial charge in [-0.2, -0.15) is 0 Å². The second-order valence-corrected chi connectivity index (χ2v) is 4.92. The van der Waals surface area contributed by atoms with Crippen LogP contribution in [0.5, 0.6) is 0 Å². The maximum atomic E-state index is 5.46. The van der Waals surface area contributed by atoms with E-state index in [0.29, 0.717) is 12.6 Å². The molecule has 0 fully saturated rings. The van der Waals surface area contributed by atoms with Crippen LogP contribution in [0.4, 0.5) is 0 Å². The van der Waals surface area contributed by atoms with E-state index in [9.17, 15) is 0 Å². The van der Waals surface area contributed by atoms with Gasteiger partial charge in [0.15, 0.2) is 0 Å². The van der Waals surface area contributed by atoms with Crippen molar-refractivity contribution in [1.82, 2.24) is 10.3 Å². The molecule has 3 nitrogen and oxygen atoms in total. The number of hydrogen-bond donors (Lipinski definition) is 1. The van der Waals surface area contributed by atoms with E-state index in [4.69, 9.17) is 4.74 Å².